The van der Waals surface area contributed by atoms with E-state index in [9.17, 15) is 9.18 Å². The Bertz CT molecular complexity index is 883. The van der Waals surface area contributed by atoms with Crippen molar-refractivity contribution in [3.05, 3.63) is 59.4 Å². The summed E-state index contributed by atoms with van der Waals surface area (Å²) in [6.45, 7) is 0. The predicted molar refractivity (Wildman–Crippen MR) is 96.4 cm³/mol. The van der Waals surface area contributed by atoms with Gasteiger partial charge in [-0.2, -0.15) is 0 Å². The molecule has 1 amide bonds. The first-order chi connectivity index (χ1) is 12.0. The molecule has 0 aliphatic rings. The van der Waals surface area contributed by atoms with Crippen molar-refractivity contribution in [3.8, 4) is 11.4 Å². The Hall–Kier alpha value is -2.58. The first kappa shape index (κ1) is 17.2. The second kappa shape index (κ2) is 7.54. The summed E-state index contributed by atoms with van der Waals surface area (Å²) < 4.78 is 14.3. The van der Waals surface area contributed by atoms with Crippen molar-refractivity contribution in [1.29, 1.82) is 0 Å². The zero-order valence-corrected chi connectivity index (χ0v) is 14.4. The number of thioether (sulfide) groups is 1. The Morgan fingerprint density at radius 3 is 2.52 bits per heavy atom. The lowest BCUT2D eigenvalue weighted by Crippen LogP contribution is -2.16. The van der Waals surface area contributed by atoms with Crippen molar-refractivity contribution in [2.45, 2.75) is 5.16 Å². The summed E-state index contributed by atoms with van der Waals surface area (Å²) in [7, 11) is 0. The van der Waals surface area contributed by atoms with Gasteiger partial charge in [0.05, 0.1) is 5.75 Å². The highest BCUT2D eigenvalue weighted by Crippen LogP contribution is 2.22. The lowest BCUT2D eigenvalue weighted by molar-refractivity contribution is -0.113. The summed E-state index contributed by atoms with van der Waals surface area (Å²) in [6.07, 6.45) is 0. The highest BCUT2D eigenvalue weighted by molar-refractivity contribution is 7.99. The SMILES string of the molecule is Nn1c(SCC(=O)Nc2ccc(Cl)cc2)nnc1-c1ccc(F)cc1. The normalized spacial score (nSPS) is 10.6. The largest absolute Gasteiger partial charge is 0.335 e. The summed E-state index contributed by atoms with van der Waals surface area (Å²) in [5.74, 6) is 5.90. The fourth-order valence-corrected chi connectivity index (χ4v) is 2.81. The molecule has 0 aliphatic carbocycles. The third-order valence-corrected chi connectivity index (χ3v) is 4.42. The Morgan fingerprint density at radius 1 is 1.16 bits per heavy atom. The molecule has 2 aromatic carbocycles. The third-order valence-electron chi connectivity index (χ3n) is 3.23. The summed E-state index contributed by atoms with van der Waals surface area (Å²) >= 11 is 6.95. The zero-order valence-electron chi connectivity index (χ0n) is 12.8. The highest BCUT2D eigenvalue weighted by Gasteiger charge is 2.14. The smallest absolute Gasteiger partial charge is 0.234 e. The minimum Gasteiger partial charge on any atom is -0.335 e. The first-order valence-electron chi connectivity index (χ1n) is 7.17. The summed E-state index contributed by atoms with van der Waals surface area (Å²) in [6, 6.07) is 12.6. The van der Waals surface area contributed by atoms with Gasteiger partial charge in [-0.1, -0.05) is 23.4 Å². The minimum atomic E-state index is -0.347. The molecule has 0 spiro atoms. The van der Waals surface area contributed by atoms with Gasteiger partial charge >= 0.3 is 0 Å². The van der Waals surface area contributed by atoms with Gasteiger partial charge in [-0.25, -0.2) is 9.07 Å². The molecule has 3 rings (SSSR count). The van der Waals surface area contributed by atoms with Crippen LogP contribution >= 0.6 is 23.4 Å². The van der Waals surface area contributed by atoms with E-state index in [0.29, 0.717) is 27.3 Å². The van der Waals surface area contributed by atoms with E-state index in [4.69, 9.17) is 17.4 Å². The Morgan fingerprint density at radius 2 is 1.84 bits per heavy atom. The van der Waals surface area contributed by atoms with Gasteiger partial charge in [0.2, 0.25) is 11.1 Å². The monoisotopic (exact) mass is 377 g/mol. The molecular weight excluding hydrogens is 365 g/mol. The quantitative estimate of drug-likeness (QED) is 0.527. The number of rotatable bonds is 5. The molecule has 0 radical (unpaired) electrons. The third kappa shape index (κ3) is 4.28. The standard InChI is InChI=1S/C16H13ClFN5OS/c17-11-3-7-13(8-4-11)20-14(24)9-25-16-22-21-15(23(16)19)10-1-5-12(18)6-2-10/h1-8H,9,19H2,(H,20,24). The van der Waals surface area contributed by atoms with E-state index in [1.807, 2.05) is 0 Å². The van der Waals surface area contributed by atoms with Crippen molar-refractivity contribution >= 4 is 35.0 Å². The van der Waals surface area contributed by atoms with Gasteiger partial charge in [0, 0.05) is 16.3 Å². The molecule has 6 nitrogen and oxygen atoms in total. The number of nitrogens with one attached hydrogen (secondary N) is 1. The Labute approximate surface area is 152 Å². The molecule has 0 saturated carbocycles. The molecule has 1 heterocycles. The van der Waals surface area contributed by atoms with Gasteiger partial charge in [-0.3, -0.25) is 4.79 Å². The van der Waals surface area contributed by atoms with Crippen molar-refractivity contribution < 1.29 is 9.18 Å². The highest BCUT2D eigenvalue weighted by atomic mass is 35.5. The summed E-state index contributed by atoms with van der Waals surface area (Å²) in [5, 5.41) is 11.7. The number of anilines is 1. The van der Waals surface area contributed by atoms with Crippen LogP contribution in [0.5, 0.6) is 0 Å². The van der Waals surface area contributed by atoms with Crippen LogP contribution in [0.4, 0.5) is 10.1 Å². The molecule has 0 atom stereocenters. The molecule has 9 heteroatoms. The maximum atomic E-state index is 13.0. The Kier molecular flexibility index (Phi) is 5.20. The Balaban J connectivity index is 1.62. The van der Waals surface area contributed by atoms with Crippen molar-refractivity contribution in [3.63, 3.8) is 0 Å². The van der Waals surface area contributed by atoms with Gasteiger partial charge in [0.15, 0.2) is 5.82 Å². The number of hydrogen-bond acceptors (Lipinski definition) is 5. The van der Waals surface area contributed by atoms with Gasteiger partial charge < -0.3 is 11.2 Å². The van der Waals surface area contributed by atoms with E-state index in [1.54, 1.807) is 36.4 Å². The van der Waals surface area contributed by atoms with Crippen molar-refractivity contribution in [2.75, 3.05) is 16.9 Å². The van der Waals surface area contributed by atoms with E-state index in [-0.39, 0.29) is 17.5 Å². The number of amides is 1. The number of nitrogens with two attached hydrogens (primary N) is 1. The number of benzene rings is 2. The molecule has 128 valence electrons. The molecule has 0 fully saturated rings. The van der Waals surface area contributed by atoms with Gasteiger partial charge in [-0.05, 0) is 48.5 Å². The van der Waals surface area contributed by atoms with Gasteiger partial charge in [0.1, 0.15) is 5.82 Å². The average molecular weight is 378 g/mol. The van der Waals surface area contributed by atoms with E-state index >= 15 is 0 Å². The van der Waals surface area contributed by atoms with Crippen LogP contribution in [0.3, 0.4) is 0 Å². The predicted octanol–water partition coefficient (Wildman–Crippen LogP) is 3.18. The van der Waals surface area contributed by atoms with Crippen LogP contribution < -0.4 is 11.2 Å². The maximum absolute atomic E-state index is 13.0. The molecule has 1 aromatic heterocycles. The van der Waals surface area contributed by atoms with Gasteiger partial charge in [-0.15, -0.1) is 10.2 Å². The lowest BCUT2D eigenvalue weighted by Gasteiger charge is -2.05. The van der Waals surface area contributed by atoms with Crippen LogP contribution in [0.1, 0.15) is 0 Å². The molecule has 3 aromatic rings. The second-order valence-corrected chi connectivity index (χ2v) is 6.41. The first-order valence-corrected chi connectivity index (χ1v) is 8.54. The van der Waals surface area contributed by atoms with Gasteiger partial charge in [0.25, 0.3) is 0 Å². The summed E-state index contributed by atoms with van der Waals surface area (Å²) in [4.78, 5) is 12.0. The van der Waals surface area contributed by atoms with E-state index in [0.717, 1.165) is 11.8 Å². The topological polar surface area (TPSA) is 85.8 Å². The number of aromatic nitrogens is 3. The fraction of sp³-hybridized carbons (Fsp3) is 0.0625. The number of nitrogens with zero attached hydrogens (tertiary/aromatic N) is 3. The minimum absolute atomic E-state index is 0.112. The van der Waals surface area contributed by atoms with E-state index in [2.05, 4.69) is 15.5 Å². The molecule has 0 saturated heterocycles. The maximum Gasteiger partial charge on any atom is 0.234 e. The van der Waals surface area contributed by atoms with Crippen LogP contribution in [0, 0.1) is 5.82 Å². The van der Waals surface area contributed by atoms with E-state index in [1.165, 1.54) is 16.8 Å². The number of halogens is 2. The zero-order chi connectivity index (χ0) is 17.8. The van der Waals surface area contributed by atoms with Crippen LogP contribution in [-0.4, -0.2) is 26.5 Å². The van der Waals surface area contributed by atoms with Crippen molar-refractivity contribution in [2.24, 2.45) is 0 Å². The van der Waals surface area contributed by atoms with Crippen LogP contribution in [0.15, 0.2) is 53.7 Å². The van der Waals surface area contributed by atoms with Crippen LogP contribution in [-0.2, 0) is 4.79 Å². The number of carbonyl (C=O) groups excluding carboxylic acids is 1. The fourth-order valence-electron chi connectivity index (χ4n) is 2.03. The number of carbonyl (C=O) groups is 1. The summed E-state index contributed by atoms with van der Waals surface area (Å²) in [5.41, 5.74) is 1.28. The molecule has 0 bridgehead atoms. The molecule has 0 aliphatic heterocycles. The number of nitrogen functional groups attached to an aromatic ring is 1. The molecule has 25 heavy (non-hydrogen) atoms. The van der Waals surface area contributed by atoms with E-state index < -0.39 is 0 Å². The van der Waals surface area contributed by atoms with Crippen LogP contribution in [0.25, 0.3) is 11.4 Å². The van der Waals surface area contributed by atoms with Crippen molar-refractivity contribution in [1.82, 2.24) is 14.9 Å². The lowest BCUT2D eigenvalue weighted by atomic mass is 10.2. The second-order valence-electron chi connectivity index (χ2n) is 5.03. The molecular formula is C16H13ClFN5OS. The molecule has 0 unspecified atom stereocenters. The molecule has 3 N–H and O–H groups in total. The van der Waals surface area contributed by atoms with Crippen LogP contribution in [0.2, 0.25) is 5.02 Å². The number of hydrogen-bond donors (Lipinski definition) is 2. The average Bonchev–Trinajstić information content (AvgIpc) is 2.97.